The molecule has 0 amide bonds. The average molecular weight is 369 g/mol. The number of rotatable bonds is 2. The molecule has 3 aromatic carbocycles. The van der Waals surface area contributed by atoms with Crippen molar-refractivity contribution in [2.24, 2.45) is 0 Å². The standard InChI is InChI=1S/C25H23NO2/c1-25(2,3)28-24(27)26-17-22(21-14-7-8-15-23(21)26)20-13-9-12-19(16-20)18-10-5-4-6-11-18/h4-17H,1-3H3. The van der Waals surface area contributed by atoms with E-state index in [1.807, 2.05) is 69.4 Å². The number of nitrogens with zero attached hydrogens (tertiary/aromatic N) is 1. The smallest absolute Gasteiger partial charge is 0.419 e. The molecule has 140 valence electrons. The van der Waals surface area contributed by atoms with Crippen LogP contribution in [-0.2, 0) is 4.74 Å². The second kappa shape index (κ2) is 7.01. The van der Waals surface area contributed by atoms with Crippen LogP contribution in [0.5, 0.6) is 0 Å². The van der Waals surface area contributed by atoms with Crippen molar-refractivity contribution in [2.45, 2.75) is 26.4 Å². The van der Waals surface area contributed by atoms with Gasteiger partial charge in [0.25, 0.3) is 0 Å². The molecular weight excluding hydrogens is 346 g/mol. The molecule has 0 aliphatic heterocycles. The third kappa shape index (κ3) is 3.56. The van der Waals surface area contributed by atoms with Crippen LogP contribution in [0.1, 0.15) is 20.8 Å². The first-order valence-corrected chi connectivity index (χ1v) is 9.42. The Balaban J connectivity index is 1.83. The van der Waals surface area contributed by atoms with E-state index in [1.165, 1.54) is 5.56 Å². The number of carbonyl (C=O) groups excluding carboxylic acids is 1. The molecule has 0 bridgehead atoms. The fourth-order valence-corrected chi connectivity index (χ4v) is 3.37. The molecular formula is C25H23NO2. The highest BCUT2D eigenvalue weighted by atomic mass is 16.6. The van der Waals surface area contributed by atoms with Crippen LogP contribution >= 0.6 is 0 Å². The number of hydrogen-bond donors (Lipinski definition) is 0. The molecule has 0 aliphatic rings. The van der Waals surface area contributed by atoms with Gasteiger partial charge in [-0.2, -0.15) is 0 Å². The number of hydrogen-bond acceptors (Lipinski definition) is 2. The van der Waals surface area contributed by atoms with Crippen LogP contribution in [0.4, 0.5) is 4.79 Å². The largest absolute Gasteiger partial charge is 0.443 e. The highest BCUT2D eigenvalue weighted by molar-refractivity contribution is 6.01. The van der Waals surface area contributed by atoms with Gasteiger partial charge in [-0.25, -0.2) is 4.79 Å². The summed E-state index contributed by atoms with van der Waals surface area (Å²) < 4.78 is 7.20. The Kier molecular flexibility index (Phi) is 4.52. The van der Waals surface area contributed by atoms with Gasteiger partial charge < -0.3 is 4.74 Å². The molecule has 0 N–H and O–H groups in total. The molecule has 0 atom stereocenters. The van der Waals surface area contributed by atoms with Gasteiger partial charge in [0.2, 0.25) is 0 Å². The molecule has 3 heteroatoms. The topological polar surface area (TPSA) is 31.2 Å². The summed E-state index contributed by atoms with van der Waals surface area (Å²) in [4.78, 5) is 12.7. The summed E-state index contributed by atoms with van der Waals surface area (Å²) in [5.74, 6) is 0. The Morgan fingerprint density at radius 1 is 0.786 bits per heavy atom. The van der Waals surface area contributed by atoms with Crippen LogP contribution in [-0.4, -0.2) is 16.3 Å². The van der Waals surface area contributed by atoms with Crippen molar-refractivity contribution in [3.8, 4) is 22.3 Å². The van der Waals surface area contributed by atoms with Crippen LogP contribution in [0.2, 0.25) is 0 Å². The molecule has 0 fully saturated rings. The lowest BCUT2D eigenvalue weighted by Crippen LogP contribution is -2.26. The van der Waals surface area contributed by atoms with Crippen molar-refractivity contribution < 1.29 is 9.53 Å². The lowest BCUT2D eigenvalue weighted by molar-refractivity contribution is 0.0544. The first kappa shape index (κ1) is 18.1. The predicted octanol–water partition coefficient (Wildman–Crippen LogP) is 6.76. The van der Waals surface area contributed by atoms with Gasteiger partial charge in [0.05, 0.1) is 5.52 Å². The summed E-state index contributed by atoms with van der Waals surface area (Å²) in [7, 11) is 0. The van der Waals surface area contributed by atoms with Gasteiger partial charge in [0, 0.05) is 17.1 Å². The van der Waals surface area contributed by atoms with E-state index in [0.29, 0.717) is 0 Å². The molecule has 28 heavy (non-hydrogen) atoms. The lowest BCUT2D eigenvalue weighted by Gasteiger charge is -2.19. The maximum atomic E-state index is 12.7. The summed E-state index contributed by atoms with van der Waals surface area (Å²) in [6.45, 7) is 5.63. The maximum Gasteiger partial charge on any atom is 0.419 e. The van der Waals surface area contributed by atoms with E-state index in [0.717, 1.165) is 27.6 Å². The summed E-state index contributed by atoms with van der Waals surface area (Å²) in [5, 5.41) is 1.03. The molecule has 4 rings (SSSR count). The number of benzene rings is 3. The van der Waals surface area contributed by atoms with Crippen molar-refractivity contribution in [2.75, 3.05) is 0 Å². The third-order valence-electron chi connectivity index (χ3n) is 4.58. The molecule has 0 radical (unpaired) electrons. The van der Waals surface area contributed by atoms with Crippen molar-refractivity contribution in [1.82, 2.24) is 4.57 Å². The number of para-hydroxylation sites is 1. The summed E-state index contributed by atoms with van der Waals surface area (Å²) in [6.07, 6.45) is 1.51. The van der Waals surface area contributed by atoms with Gasteiger partial charge >= 0.3 is 6.09 Å². The fraction of sp³-hybridized carbons (Fsp3) is 0.160. The Bertz CT molecular complexity index is 1130. The SMILES string of the molecule is CC(C)(C)OC(=O)n1cc(-c2cccc(-c3ccccc3)c2)c2ccccc21. The van der Waals surface area contributed by atoms with E-state index in [4.69, 9.17) is 4.74 Å². The number of carbonyl (C=O) groups is 1. The van der Waals surface area contributed by atoms with Crippen molar-refractivity contribution in [3.05, 3.63) is 85.1 Å². The number of ether oxygens (including phenoxy) is 1. The van der Waals surface area contributed by atoms with Crippen molar-refractivity contribution >= 4 is 17.0 Å². The fourth-order valence-electron chi connectivity index (χ4n) is 3.37. The van der Waals surface area contributed by atoms with E-state index < -0.39 is 5.60 Å². The van der Waals surface area contributed by atoms with Gasteiger partial charge in [0.1, 0.15) is 5.60 Å². The first-order valence-electron chi connectivity index (χ1n) is 9.42. The van der Waals surface area contributed by atoms with Crippen LogP contribution in [0.25, 0.3) is 33.2 Å². The van der Waals surface area contributed by atoms with Crippen LogP contribution < -0.4 is 0 Å². The zero-order valence-electron chi connectivity index (χ0n) is 16.3. The van der Waals surface area contributed by atoms with Crippen LogP contribution in [0.15, 0.2) is 85.1 Å². The Labute approximate surface area is 165 Å². The molecule has 0 spiro atoms. The number of fused-ring (bicyclic) bond motifs is 1. The van der Waals surface area contributed by atoms with Gasteiger partial charge in [-0.15, -0.1) is 0 Å². The lowest BCUT2D eigenvalue weighted by atomic mass is 9.99. The minimum absolute atomic E-state index is 0.367. The molecule has 0 aliphatic carbocycles. The predicted molar refractivity (Wildman–Crippen MR) is 114 cm³/mol. The first-order chi connectivity index (χ1) is 13.4. The zero-order valence-corrected chi connectivity index (χ0v) is 16.3. The monoisotopic (exact) mass is 369 g/mol. The second-order valence-electron chi connectivity index (χ2n) is 7.86. The van der Waals surface area contributed by atoms with Crippen LogP contribution in [0, 0.1) is 0 Å². The summed E-state index contributed by atoms with van der Waals surface area (Å²) >= 11 is 0. The van der Waals surface area contributed by atoms with E-state index >= 15 is 0 Å². The van der Waals surface area contributed by atoms with Crippen molar-refractivity contribution in [3.63, 3.8) is 0 Å². The normalized spacial score (nSPS) is 11.5. The molecule has 4 aromatic rings. The number of aromatic nitrogens is 1. The molecule has 1 aromatic heterocycles. The third-order valence-corrected chi connectivity index (χ3v) is 4.58. The molecule has 3 nitrogen and oxygen atoms in total. The highest BCUT2D eigenvalue weighted by Crippen LogP contribution is 2.33. The van der Waals surface area contributed by atoms with Gasteiger partial charge in [-0.1, -0.05) is 66.7 Å². The summed E-state index contributed by atoms with van der Waals surface area (Å²) in [5.41, 5.74) is 4.69. The van der Waals surface area contributed by atoms with E-state index in [9.17, 15) is 4.79 Å². The van der Waals surface area contributed by atoms with E-state index in [1.54, 1.807) is 4.57 Å². The minimum Gasteiger partial charge on any atom is -0.443 e. The van der Waals surface area contributed by atoms with Gasteiger partial charge in [-0.05, 0) is 49.6 Å². The molecule has 1 heterocycles. The summed E-state index contributed by atoms with van der Waals surface area (Å²) in [6, 6.07) is 26.6. The minimum atomic E-state index is -0.546. The van der Waals surface area contributed by atoms with Gasteiger partial charge in [-0.3, -0.25) is 4.57 Å². The molecule has 0 saturated heterocycles. The van der Waals surface area contributed by atoms with Gasteiger partial charge in [0.15, 0.2) is 0 Å². The molecule has 0 saturated carbocycles. The maximum absolute atomic E-state index is 12.7. The Hall–Kier alpha value is -3.33. The Morgan fingerprint density at radius 2 is 1.43 bits per heavy atom. The van der Waals surface area contributed by atoms with E-state index in [2.05, 4.69) is 36.4 Å². The van der Waals surface area contributed by atoms with E-state index in [-0.39, 0.29) is 6.09 Å². The second-order valence-corrected chi connectivity index (χ2v) is 7.86. The molecule has 0 unspecified atom stereocenters. The van der Waals surface area contributed by atoms with Crippen molar-refractivity contribution in [1.29, 1.82) is 0 Å². The Morgan fingerprint density at radius 3 is 2.18 bits per heavy atom. The van der Waals surface area contributed by atoms with Crippen LogP contribution in [0.3, 0.4) is 0 Å². The zero-order chi connectivity index (χ0) is 19.7. The quantitative estimate of drug-likeness (QED) is 0.391. The average Bonchev–Trinajstić information content (AvgIpc) is 3.07. The highest BCUT2D eigenvalue weighted by Gasteiger charge is 2.21.